The molecule has 1 saturated heterocycles. The van der Waals surface area contributed by atoms with Gasteiger partial charge < -0.3 is 4.57 Å². The number of carbonyl (C=O) groups excluding carboxylic acids is 2. The predicted octanol–water partition coefficient (Wildman–Crippen LogP) is 4.87. The van der Waals surface area contributed by atoms with Crippen molar-refractivity contribution in [1.82, 2.24) is 9.58 Å². The van der Waals surface area contributed by atoms with Crippen LogP contribution in [0.15, 0.2) is 72.0 Å². The van der Waals surface area contributed by atoms with Crippen LogP contribution in [-0.2, 0) is 16.1 Å². The molecule has 3 fully saturated rings. The summed E-state index contributed by atoms with van der Waals surface area (Å²) in [5, 5.41) is 7.31. The highest BCUT2D eigenvalue weighted by molar-refractivity contribution is 6.31. The third kappa shape index (κ3) is 2.57. The first-order valence-electron chi connectivity index (χ1n) is 11.5. The lowest BCUT2D eigenvalue weighted by atomic mass is 9.85. The van der Waals surface area contributed by atoms with E-state index in [-0.39, 0.29) is 40.9 Å². The smallest absolute Gasteiger partial charge is 0.254 e. The number of halogens is 1. The minimum absolute atomic E-state index is 0.135. The molecule has 1 spiro atoms. The summed E-state index contributed by atoms with van der Waals surface area (Å²) in [6, 6.07) is 15.9. The van der Waals surface area contributed by atoms with Crippen LogP contribution in [0.25, 0.3) is 10.9 Å². The number of hydrazone groups is 1. The van der Waals surface area contributed by atoms with Crippen LogP contribution in [0.2, 0.25) is 5.02 Å². The lowest BCUT2D eigenvalue weighted by Crippen LogP contribution is -2.30. The van der Waals surface area contributed by atoms with Gasteiger partial charge in [-0.3, -0.25) is 9.59 Å². The van der Waals surface area contributed by atoms with Crippen molar-refractivity contribution in [3.8, 4) is 0 Å². The molecule has 2 aromatic carbocycles. The highest BCUT2D eigenvalue weighted by atomic mass is 35.5. The Balaban J connectivity index is 1.21. The van der Waals surface area contributed by atoms with Gasteiger partial charge in [0.05, 0.1) is 18.1 Å². The van der Waals surface area contributed by atoms with Crippen molar-refractivity contribution in [1.29, 1.82) is 0 Å². The van der Waals surface area contributed by atoms with E-state index in [0.29, 0.717) is 6.54 Å². The van der Waals surface area contributed by atoms with Gasteiger partial charge in [0.15, 0.2) is 0 Å². The van der Waals surface area contributed by atoms with Crippen molar-refractivity contribution in [2.45, 2.75) is 19.4 Å². The van der Waals surface area contributed by atoms with Gasteiger partial charge in [0.2, 0.25) is 0 Å². The molecular weight excluding hydrogens is 434 g/mol. The number of rotatable bonds is 4. The molecule has 5 nitrogen and oxygen atoms in total. The highest BCUT2D eigenvalue weighted by Crippen LogP contribution is 2.73. The molecular formula is C27H22ClN3O2. The molecule has 164 valence electrons. The maximum Gasteiger partial charge on any atom is 0.254 e. The van der Waals surface area contributed by atoms with Gasteiger partial charge in [-0.1, -0.05) is 60.2 Å². The number of allylic oxidation sites excluding steroid dienone is 2. The molecule has 6 heteroatoms. The van der Waals surface area contributed by atoms with E-state index < -0.39 is 0 Å². The van der Waals surface area contributed by atoms with Crippen molar-refractivity contribution < 1.29 is 9.59 Å². The zero-order valence-corrected chi connectivity index (χ0v) is 18.7. The maximum absolute atomic E-state index is 13.2. The molecule has 4 aliphatic rings. The van der Waals surface area contributed by atoms with E-state index in [4.69, 9.17) is 11.6 Å². The van der Waals surface area contributed by atoms with Gasteiger partial charge in [-0.2, -0.15) is 10.1 Å². The van der Waals surface area contributed by atoms with Gasteiger partial charge in [-0.05, 0) is 47.8 Å². The fourth-order valence-corrected chi connectivity index (χ4v) is 6.81. The summed E-state index contributed by atoms with van der Waals surface area (Å²) in [6.45, 7) is 0.622. The molecule has 0 N–H and O–H groups in total. The molecule has 3 aromatic rings. The monoisotopic (exact) mass is 455 g/mol. The van der Waals surface area contributed by atoms with Crippen molar-refractivity contribution in [3.05, 3.63) is 83.0 Å². The van der Waals surface area contributed by atoms with E-state index in [1.54, 1.807) is 6.21 Å². The summed E-state index contributed by atoms with van der Waals surface area (Å²) in [7, 11) is 0. The first-order valence-corrected chi connectivity index (χ1v) is 11.9. The summed E-state index contributed by atoms with van der Waals surface area (Å²) in [5.41, 5.74) is 3.14. The fourth-order valence-electron chi connectivity index (χ4n) is 6.62. The number of imide groups is 1. The molecule has 1 aromatic heterocycles. The number of carbonyl (C=O) groups is 2. The van der Waals surface area contributed by atoms with E-state index in [9.17, 15) is 9.59 Å². The Morgan fingerprint density at radius 3 is 2.33 bits per heavy atom. The van der Waals surface area contributed by atoms with Crippen molar-refractivity contribution in [3.63, 3.8) is 0 Å². The number of para-hydroxylation sites is 1. The number of hydrogen-bond donors (Lipinski definition) is 0. The summed E-state index contributed by atoms with van der Waals surface area (Å²) in [4.78, 5) is 26.4. The first kappa shape index (κ1) is 19.3. The summed E-state index contributed by atoms with van der Waals surface area (Å²) < 4.78 is 2.13. The van der Waals surface area contributed by atoms with Crippen LogP contribution < -0.4 is 0 Å². The Morgan fingerprint density at radius 1 is 0.970 bits per heavy atom. The zero-order chi connectivity index (χ0) is 22.3. The molecule has 2 heterocycles. The van der Waals surface area contributed by atoms with Crippen LogP contribution in [0.3, 0.4) is 0 Å². The molecule has 1 aliphatic heterocycles. The number of aromatic nitrogens is 1. The fraction of sp³-hybridized carbons (Fsp3) is 0.296. The predicted molar refractivity (Wildman–Crippen MR) is 127 cm³/mol. The number of fused-ring (bicyclic) bond motifs is 4. The standard InChI is InChI=1S/C27H22ClN3O2/c28-21-7-3-1-5-16(21)14-30-15-17(18-6-2-4-8-22(18)30)13-29-31-25(32)23-19-9-10-20(24(23)26(31)33)27(19)11-12-27/h1-10,13,15,19-20,23-24H,11-12,14H2. The third-order valence-corrected chi connectivity index (χ3v) is 8.63. The normalized spacial score (nSPS) is 28.7. The minimum atomic E-state index is -0.228. The van der Waals surface area contributed by atoms with E-state index >= 15 is 0 Å². The molecule has 2 bridgehead atoms. The van der Waals surface area contributed by atoms with Crippen LogP contribution in [0.1, 0.15) is 24.0 Å². The number of hydrogen-bond acceptors (Lipinski definition) is 3. The lowest BCUT2D eigenvalue weighted by Gasteiger charge is -2.18. The summed E-state index contributed by atoms with van der Waals surface area (Å²) in [5.74, 6) is -0.306. The second kappa shape index (κ2) is 6.67. The van der Waals surface area contributed by atoms with Gasteiger partial charge in [0.25, 0.3) is 11.8 Å². The quantitative estimate of drug-likeness (QED) is 0.320. The van der Waals surface area contributed by atoms with Crippen molar-refractivity contribution >= 4 is 40.5 Å². The van der Waals surface area contributed by atoms with Crippen LogP contribution in [0, 0.1) is 29.1 Å². The largest absolute Gasteiger partial charge is 0.342 e. The van der Waals surface area contributed by atoms with Gasteiger partial charge in [0, 0.05) is 34.2 Å². The molecule has 4 unspecified atom stereocenters. The second-order valence-electron chi connectivity index (χ2n) is 9.77. The third-order valence-electron chi connectivity index (χ3n) is 8.26. The van der Waals surface area contributed by atoms with E-state index in [1.807, 2.05) is 48.7 Å². The number of amides is 2. The van der Waals surface area contributed by atoms with Gasteiger partial charge in [0.1, 0.15) is 0 Å². The van der Waals surface area contributed by atoms with Gasteiger partial charge in [-0.25, -0.2) is 0 Å². The Morgan fingerprint density at radius 2 is 1.64 bits per heavy atom. The van der Waals surface area contributed by atoms with Crippen LogP contribution in [0.4, 0.5) is 0 Å². The molecule has 0 radical (unpaired) electrons. The maximum atomic E-state index is 13.2. The molecule has 2 saturated carbocycles. The Labute approximate surface area is 196 Å². The van der Waals surface area contributed by atoms with Crippen LogP contribution >= 0.6 is 11.6 Å². The van der Waals surface area contributed by atoms with E-state index in [1.165, 1.54) is 0 Å². The lowest BCUT2D eigenvalue weighted by molar-refractivity contribution is -0.141. The number of nitrogens with zero attached hydrogens (tertiary/aromatic N) is 3. The molecule has 2 amide bonds. The van der Waals surface area contributed by atoms with Gasteiger partial charge >= 0.3 is 0 Å². The topological polar surface area (TPSA) is 54.7 Å². The van der Waals surface area contributed by atoms with Gasteiger partial charge in [-0.15, -0.1) is 0 Å². The Kier molecular flexibility index (Phi) is 3.90. The average molecular weight is 456 g/mol. The molecule has 7 rings (SSSR count). The van der Waals surface area contributed by atoms with Crippen molar-refractivity contribution in [2.24, 2.45) is 34.2 Å². The Bertz CT molecular complexity index is 1370. The Hall–Kier alpha value is -3.18. The summed E-state index contributed by atoms with van der Waals surface area (Å²) >= 11 is 6.38. The number of benzene rings is 2. The minimum Gasteiger partial charge on any atom is -0.342 e. The van der Waals surface area contributed by atoms with E-state index in [0.717, 1.165) is 44.9 Å². The second-order valence-corrected chi connectivity index (χ2v) is 10.2. The van der Waals surface area contributed by atoms with E-state index in [2.05, 4.69) is 27.9 Å². The van der Waals surface area contributed by atoms with Crippen molar-refractivity contribution in [2.75, 3.05) is 0 Å². The first-order chi connectivity index (χ1) is 16.1. The average Bonchev–Trinajstić information content (AvgIpc) is 3.27. The SMILES string of the molecule is O=C1C2C(C(=O)N1N=Cc1cn(Cc3ccccc3Cl)c3ccccc13)C1C=CC2C12CC2. The molecule has 4 atom stereocenters. The van der Waals surface area contributed by atoms with Crippen LogP contribution in [0.5, 0.6) is 0 Å². The highest BCUT2D eigenvalue weighted by Gasteiger charge is 2.73. The zero-order valence-electron chi connectivity index (χ0n) is 17.9. The van der Waals surface area contributed by atoms with Crippen LogP contribution in [-0.4, -0.2) is 27.6 Å². The molecule has 3 aliphatic carbocycles. The summed E-state index contributed by atoms with van der Waals surface area (Å²) in [6.07, 6.45) is 10.3. The molecule has 33 heavy (non-hydrogen) atoms.